The molecule has 0 radical (unpaired) electrons. The smallest absolute Gasteiger partial charge is 0.285 e. The molecule has 1 atom stereocenters. The lowest BCUT2D eigenvalue weighted by atomic mass is 10.2. The van der Waals surface area contributed by atoms with Gasteiger partial charge in [0.25, 0.3) is 11.5 Å². The maximum absolute atomic E-state index is 12.5. The minimum atomic E-state index is -0.480. The third kappa shape index (κ3) is 2.68. The van der Waals surface area contributed by atoms with E-state index in [1.54, 1.807) is 10.7 Å². The Morgan fingerprint density at radius 1 is 1.38 bits per heavy atom. The fourth-order valence-corrected chi connectivity index (χ4v) is 2.61. The number of aromatic nitrogens is 6. The number of fused-ring (bicyclic) bond motifs is 1. The summed E-state index contributed by atoms with van der Waals surface area (Å²) < 4.78 is 2.98. The second-order valence-corrected chi connectivity index (χ2v) is 5.48. The van der Waals surface area contributed by atoms with Crippen LogP contribution in [-0.2, 0) is 6.54 Å². The minimum absolute atomic E-state index is 0.0182. The number of carbonyl (C=O) groups is 1. The molecule has 0 aliphatic carbocycles. The number of aryl methyl sites for hydroxylation is 2. The molecule has 0 aromatic carbocycles. The summed E-state index contributed by atoms with van der Waals surface area (Å²) in [4.78, 5) is 33.4. The van der Waals surface area contributed by atoms with Gasteiger partial charge in [0.15, 0.2) is 5.65 Å². The molecule has 3 rings (SSSR count). The number of amides is 1. The summed E-state index contributed by atoms with van der Waals surface area (Å²) in [6.07, 6.45) is 3.39. The summed E-state index contributed by atoms with van der Waals surface area (Å²) >= 11 is 0. The Balaban J connectivity index is 1.91. The van der Waals surface area contributed by atoms with E-state index in [0.29, 0.717) is 24.4 Å². The molecule has 126 valence electrons. The van der Waals surface area contributed by atoms with Crippen LogP contribution in [0.15, 0.2) is 23.4 Å². The van der Waals surface area contributed by atoms with Gasteiger partial charge in [0.1, 0.15) is 17.7 Å². The van der Waals surface area contributed by atoms with Crippen molar-refractivity contribution in [2.75, 3.05) is 0 Å². The topological polar surface area (TPSA) is 110 Å². The second-order valence-electron chi connectivity index (χ2n) is 5.48. The Hall–Kier alpha value is -2.97. The summed E-state index contributed by atoms with van der Waals surface area (Å²) in [7, 11) is 0. The highest BCUT2D eigenvalue weighted by Crippen LogP contribution is 2.14. The monoisotopic (exact) mass is 329 g/mol. The number of hydrogen-bond acceptors (Lipinski definition) is 5. The summed E-state index contributed by atoms with van der Waals surface area (Å²) in [6, 6.07) is 1.41. The van der Waals surface area contributed by atoms with Crippen LogP contribution in [0.4, 0.5) is 0 Å². The van der Waals surface area contributed by atoms with E-state index in [-0.39, 0.29) is 11.6 Å². The molecule has 2 N–H and O–H groups in total. The van der Waals surface area contributed by atoms with E-state index in [0.717, 1.165) is 5.69 Å². The minimum Gasteiger partial charge on any atom is -0.342 e. The molecule has 3 aromatic rings. The predicted octanol–water partition coefficient (Wildman–Crippen LogP) is 0.824. The van der Waals surface area contributed by atoms with Crippen LogP contribution in [0.5, 0.6) is 0 Å². The number of hydrogen-bond donors (Lipinski definition) is 2. The van der Waals surface area contributed by atoms with Gasteiger partial charge < -0.3 is 5.32 Å². The lowest BCUT2D eigenvalue weighted by molar-refractivity contribution is 0.0930. The summed E-state index contributed by atoms with van der Waals surface area (Å²) in [5, 5.41) is 9.83. The van der Waals surface area contributed by atoms with Crippen LogP contribution in [0.3, 0.4) is 0 Å². The molecule has 0 aliphatic heterocycles. The van der Waals surface area contributed by atoms with Crippen molar-refractivity contribution in [3.8, 4) is 0 Å². The van der Waals surface area contributed by atoms with E-state index in [1.807, 2.05) is 20.8 Å². The van der Waals surface area contributed by atoms with Crippen molar-refractivity contribution in [2.45, 2.75) is 39.8 Å². The highest BCUT2D eigenvalue weighted by Gasteiger charge is 2.21. The van der Waals surface area contributed by atoms with Crippen LogP contribution in [0.25, 0.3) is 5.65 Å². The number of nitrogens with one attached hydrogen (secondary N) is 2. The van der Waals surface area contributed by atoms with Crippen molar-refractivity contribution < 1.29 is 4.79 Å². The van der Waals surface area contributed by atoms with E-state index in [1.165, 1.54) is 17.0 Å². The molecule has 0 fully saturated rings. The molecule has 0 aliphatic rings. The van der Waals surface area contributed by atoms with Gasteiger partial charge in [-0.25, -0.2) is 19.2 Å². The molecule has 0 saturated heterocycles. The highest BCUT2D eigenvalue weighted by atomic mass is 16.2. The fourth-order valence-electron chi connectivity index (χ4n) is 2.61. The quantitative estimate of drug-likeness (QED) is 0.720. The Kier molecular flexibility index (Phi) is 4.15. The van der Waals surface area contributed by atoms with Gasteiger partial charge in [0.05, 0.1) is 6.04 Å². The van der Waals surface area contributed by atoms with Crippen molar-refractivity contribution in [1.82, 2.24) is 34.7 Å². The van der Waals surface area contributed by atoms with E-state index in [2.05, 4.69) is 25.5 Å². The Morgan fingerprint density at radius 3 is 2.88 bits per heavy atom. The lowest BCUT2D eigenvalue weighted by Crippen LogP contribution is -2.35. The van der Waals surface area contributed by atoms with Gasteiger partial charge in [-0.2, -0.15) is 5.10 Å². The molecular weight excluding hydrogens is 310 g/mol. The normalized spacial score (nSPS) is 12.5. The van der Waals surface area contributed by atoms with Crippen molar-refractivity contribution >= 4 is 11.6 Å². The van der Waals surface area contributed by atoms with Crippen LogP contribution in [0.2, 0.25) is 0 Å². The first-order valence-electron chi connectivity index (χ1n) is 7.81. The van der Waals surface area contributed by atoms with Gasteiger partial charge in [-0.05, 0) is 20.3 Å². The number of rotatable bonds is 5. The Bertz CT molecular complexity index is 937. The van der Waals surface area contributed by atoms with Crippen LogP contribution < -0.4 is 10.9 Å². The summed E-state index contributed by atoms with van der Waals surface area (Å²) in [5.41, 5.74) is 0.819. The third-order valence-corrected chi connectivity index (χ3v) is 3.84. The highest BCUT2D eigenvalue weighted by molar-refractivity contribution is 5.93. The van der Waals surface area contributed by atoms with Crippen molar-refractivity contribution in [1.29, 1.82) is 0 Å². The first-order valence-corrected chi connectivity index (χ1v) is 7.81. The van der Waals surface area contributed by atoms with Gasteiger partial charge in [-0.3, -0.25) is 14.7 Å². The van der Waals surface area contributed by atoms with Crippen molar-refractivity contribution in [2.24, 2.45) is 0 Å². The van der Waals surface area contributed by atoms with Gasteiger partial charge in [-0.15, -0.1) is 0 Å². The molecule has 3 aromatic heterocycles. The van der Waals surface area contributed by atoms with E-state index >= 15 is 0 Å². The van der Waals surface area contributed by atoms with Crippen molar-refractivity contribution in [3.05, 3.63) is 46.0 Å². The number of nitrogens with zero attached hydrogens (tertiary/aromatic N) is 5. The van der Waals surface area contributed by atoms with Crippen molar-refractivity contribution in [3.63, 3.8) is 0 Å². The van der Waals surface area contributed by atoms with Gasteiger partial charge in [0.2, 0.25) is 0 Å². The van der Waals surface area contributed by atoms with E-state index < -0.39 is 11.5 Å². The lowest BCUT2D eigenvalue weighted by Gasteiger charge is -2.16. The molecule has 9 nitrogen and oxygen atoms in total. The first kappa shape index (κ1) is 15.9. The largest absolute Gasteiger partial charge is 0.342 e. The maximum atomic E-state index is 12.5. The van der Waals surface area contributed by atoms with Gasteiger partial charge >= 0.3 is 0 Å². The Labute approximate surface area is 137 Å². The third-order valence-electron chi connectivity index (χ3n) is 3.84. The second kappa shape index (κ2) is 6.26. The number of carbonyl (C=O) groups excluding carboxylic acids is 1. The predicted molar refractivity (Wildman–Crippen MR) is 86.7 cm³/mol. The van der Waals surface area contributed by atoms with E-state index in [4.69, 9.17) is 0 Å². The molecule has 1 amide bonds. The maximum Gasteiger partial charge on any atom is 0.285 e. The van der Waals surface area contributed by atoms with Crippen LogP contribution in [0.1, 0.15) is 48.2 Å². The molecule has 24 heavy (non-hydrogen) atoms. The fraction of sp³-hybridized carbons (Fsp3) is 0.400. The van der Waals surface area contributed by atoms with Gasteiger partial charge in [-0.1, -0.05) is 6.92 Å². The number of H-pyrrole nitrogens is 1. The number of aromatic amines is 1. The molecule has 1 unspecified atom stereocenters. The average Bonchev–Trinajstić information content (AvgIpc) is 3.18. The van der Waals surface area contributed by atoms with Crippen LogP contribution in [0, 0.1) is 6.92 Å². The molecular formula is C15H19N7O2. The molecule has 0 saturated carbocycles. The SMILES string of the molecule is CCC(NC(=O)c1cnc2cc(C)[nH]n2c1=O)c1ncnn1CC. The molecule has 3 heterocycles. The molecule has 0 bridgehead atoms. The van der Waals surface area contributed by atoms with Crippen LogP contribution >= 0.6 is 0 Å². The zero-order chi connectivity index (χ0) is 17.3. The van der Waals surface area contributed by atoms with E-state index in [9.17, 15) is 9.59 Å². The van der Waals surface area contributed by atoms with Crippen LogP contribution in [-0.4, -0.2) is 35.3 Å². The molecule has 0 spiro atoms. The first-order chi connectivity index (χ1) is 11.5. The summed E-state index contributed by atoms with van der Waals surface area (Å²) in [5.74, 6) is 0.185. The standard InChI is InChI=1S/C15H19N7O2/c1-4-11(13-17-8-18-21(13)5-2)19-14(23)10-7-16-12-6-9(3)20-22(12)15(10)24/h6-8,11,20H,4-5H2,1-3H3,(H,19,23). The molecule has 9 heteroatoms. The zero-order valence-corrected chi connectivity index (χ0v) is 13.8. The van der Waals surface area contributed by atoms with Gasteiger partial charge in [0, 0.05) is 24.5 Å². The summed E-state index contributed by atoms with van der Waals surface area (Å²) in [6.45, 7) is 6.35. The average molecular weight is 329 g/mol. The Morgan fingerprint density at radius 2 is 2.17 bits per heavy atom. The zero-order valence-electron chi connectivity index (χ0n) is 13.8.